The van der Waals surface area contributed by atoms with Gasteiger partial charge in [0.25, 0.3) is 5.56 Å². The first kappa shape index (κ1) is 21.8. The molecule has 0 bridgehead atoms. The molecule has 0 saturated carbocycles. The van der Waals surface area contributed by atoms with Gasteiger partial charge in [0.05, 0.1) is 35.8 Å². The summed E-state index contributed by atoms with van der Waals surface area (Å²) in [5.74, 6) is -1.15. The third-order valence-corrected chi connectivity index (χ3v) is 5.37. The second kappa shape index (κ2) is 9.35. The lowest BCUT2D eigenvalue weighted by molar-refractivity contribution is -0.145. The maximum absolute atomic E-state index is 12.5. The van der Waals surface area contributed by atoms with Crippen LogP contribution in [0.1, 0.15) is 29.5 Å². The molecule has 0 aliphatic carbocycles. The number of carbonyl (C=O) groups excluding carboxylic acids is 2. The first-order valence-corrected chi connectivity index (χ1v) is 10.7. The Balaban J connectivity index is 1.49. The minimum Gasteiger partial charge on any atom is -0.461 e. The Bertz CT molecular complexity index is 1370. The van der Waals surface area contributed by atoms with E-state index in [0.29, 0.717) is 27.4 Å². The van der Waals surface area contributed by atoms with E-state index in [1.165, 1.54) is 10.9 Å². The fourth-order valence-corrected chi connectivity index (χ4v) is 3.69. The lowest BCUT2D eigenvalue weighted by Crippen LogP contribution is -2.22. The molecule has 0 atom stereocenters. The zero-order valence-corrected chi connectivity index (χ0v) is 18.8. The molecular weight excluding hydrogens is 480 g/mol. The number of aryl methyl sites for hydroxylation is 1. The van der Waals surface area contributed by atoms with Crippen LogP contribution in [-0.2, 0) is 27.4 Å². The van der Waals surface area contributed by atoms with Crippen LogP contribution in [0.3, 0.4) is 0 Å². The van der Waals surface area contributed by atoms with Crippen molar-refractivity contribution in [2.75, 3.05) is 6.61 Å². The minimum atomic E-state index is -0.625. The highest BCUT2D eigenvalue weighted by Gasteiger charge is 2.23. The Hall–Kier alpha value is -3.46. The van der Waals surface area contributed by atoms with Gasteiger partial charge in [-0.05, 0) is 37.3 Å². The molecule has 0 spiro atoms. The Labute approximate surface area is 190 Å². The highest BCUT2D eigenvalue weighted by atomic mass is 79.9. The SMILES string of the molecule is CCOC(=O)c1oc2ccc(Br)cc2c1COC(=O)CCn1cnc2ccccc2c1=O. The number of ether oxygens (including phenoxy) is 2. The van der Waals surface area contributed by atoms with Crippen LogP contribution in [0.2, 0.25) is 0 Å². The van der Waals surface area contributed by atoms with Gasteiger partial charge in [-0.2, -0.15) is 0 Å². The molecule has 32 heavy (non-hydrogen) atoms. The van der Waals surface area contributed by atoms with Gasteiger partial charge in [0.15, 0.2) is 0 Å². The molecule has 0 unspecified atom stereocenters. The molecule has 2 heterocycles. The van der Waals surface area contributed by atoms with Gasteiger partial charge in [-0.1, -0.05) is 28.1 Å². The van der Waals surface area contributed by atoms with E-state index in [-0.39, 0.29) is 37.5 Å². The molecule has 0 N–H and O–H groups in total. The number of aromatic nitrogens is 2. The lowest BCUT2D eigenvalue weighted by Gasteiger charge is -2.08. The van der Waals surface area contributed by atoms with E-state index in [4.69, 9.17) is 13.9 Å². The standard InChI is InChI=1S/C23H19BrN2O6/c1-2-30-23(29)21-17(16-11-14(24)7-8-19(16)32-21)12-31-20(27)9-10-26-13-25-18-6-4-3-5-15(18)22(26)28/h3-8,11,13H,2,9-10,12H2,1H3. The van der Waals surface area contributed by atoms with Crippen molar-refractivity contribution >= 4 is 49.7 Å². The van der Waals surface area contributed by atoms with Crippen LogP contribution in [0, 0.1) is 0 Å². The minimum absolute atomic E-state index is 0.00250. The van der Waals surface area contributed by atoms with Crippen LogP contribution in [0.25, 0.3) is 21.9 Å². The predicted octanol–water partition coefficient (Wildman–Crippen LogP) is 4.22. The number of esters is 2. The molecule has 2 aromatic heterocycles. The van der Waals surface area contributed by atoms with Gasteiger partial charge in [0, 0.05) is 16.4 Å². The van der Waals surface area contributed by atoms with Crippen LogP contribution >= 0.6 is 15.9 Å². The van der Waals surface area contributed by atoms with Gasteiger partial charge in [-0.15, -0.1) is 0 Å². The molecule has 164 valence electrons. The van der Waals surface area contributed by atoms with Crippen molar-refractivity contribution in [1.29, 1.82) is 0 Å². The summed E-state index contributed by atoms with van der Waals surface area (Å²) in [5, 5.41) is 1.13. The Morgan fingerprint density at radius 2 is 1.94 bits per heavy atom. The van der Waals surface area contributed by atoms with E-state index in [1.54, 1.807) is 49.4 Å². The Morgan fingerprint density at radius 3 is 2.75 bits per heavy atom. The van der Waals surface area contributed by atoms with Crippen LogP contribution in [0.15, 0.2) is 62.5 Å². The molecule has 0 amide bonds. The van der Waals surface area contributed by atoms with Crippen molar-refractivity contribution in [3.05, 3.63) is 74.9 Å². The quantitative estimate of drug-likeness (QED) is 0.351. The first-order valence-electron chi connectivity index (χ1n) is 9.95. The van der Waals surface area contributed by atoms with Crippen LogP contribution < -0.4 is 5.56 Å². The molecular formula is C23H19BrN2O6. The summed E-state index contributed by atoms with van der Waals surface area (Å²) in [6.07, 6.45) is 1.38. The molecule has 4 aromatic rings. The number of carbonyl (C=O) groups is 2. The summed E-state index contributed by atoms with van der Waals surface area (Å²) in [4.78, 5) is 41.5. The van der Waals surface area contributed by atoms with Crippen LogP contribution in [0.5, 0.6) is 0 Å². The zero-order valence-electron chi connectivity index (χ0n) is 17.2. The second-order valence-corrected chi connectivity index (χ2v) is 7.86. The number of hydrogen-bond donors (Lipinski definition) is 0. The number of para-hydroxylation sites is 1. The number of fused-ring (bicyclic) bond motifs is 2. The molecule has 0 fully saturated rings. The fraction of sp³-hybridized carbons (Fsp3) is 0.217. The highest BCUT2D eigenvalue weighted by Crippen LogP contribution is 2.30. The van der Waals surface area contributed by atoms with Crippen molar-refractivity contribution in [3.63, 3.8) is 0 Å². The van der Waals surface area contributed by atoms with Gasteiger partial charge in [-0.25, -0.2) is 9.78 Å². The van der Waals surface area contributed by atoms with Gasteiger partial charge in [0.2, 0.25) is 5.76 Å². The van der Waals surface area contributed by atoms with Crippen molar-refractivity contribution in [3.8, 4) is 0 Å². The molecule has 2 aromatic carbocycles. The van der Waals surface area contributed by atoms with Crippen LogP contribution in [0.4, 0.5) is 0 Å². The monoisotopic (exact) mass is 498 g/mol. The zero-order chi connectivity index (χ0) is 22.7. The van der Waals surface area contributed by atoms with Gasteiger partial charge in [0.1, 0.15) is 12.2 Å². The maximum atomic E-state index is 12.5. The molecule has 0 saturated heterocycles. The average Bonchev–Trinajstić information content (AvgIpc) is 3.15. The smallest absolute Gasteiger partial charge is 0.374 e. The summed E-state index contributed by atoms with van der Waals surface area (Å²) in [6, 6.07) is 12.3. The summed E-state index contributed by atoms with van der Waals surface area (Å²) in [6.45, 7) is 1.84. The van der Waals surface area contributed by atoms with E-state index >= 15 is 0 Å². The average molecular weight is 499 g/mol. The highest BCUT2D eigenvalue weighted by molar-refractivity contribution is 9.10. The summed E-state index contributed by atoms with van der Waals surface area (Å²) in [7, 11) is 0. The molecule has 0 aliphatic heterocycles. The van der Waals surface area contributed by atoms with E-state index in [9.17, 15) is 14.4 Å². The molecule has 9 heteroatoms. The first-order chi connectivity index (χ1) is 15.5. The van der Waals surface area contributed by atoms with Gasteiger partial charge in [-0.3, -0.25) is 14.2 Å². The maximum Gasteiger partial charge on any atom is 0.374 e. The van der Waals surface area contributed by atoms with E-state index in [1.807, 2.05) is 0 Å². The summed E-state index contributed by atoms with van der Waals surface area (Å²) >= 11 is 3.39. The molecule has 0 aliphatic rings. The number of halogens is 1. The van der Waals surface area contributed by atoms with Crippen LogP contribution in [-0.4, -0.2) is 28.1 Å². The van der Waals surface area contributed by atoms with E-state index in [2.05, 4.69) is 20.9 Å². The predicted molar refractivity (Wildman–Crippen MR) is 120 cm³/mol. The normalized spacial score (nSPS) is 11.1. The third kappa shape index (κ3) is 4.43. The molecule has 4 rings (SSSR count). The topological polar surface area (TPSA) is 101 Å². The Morgan fingerprint density at radius 1 is 1.12 bits per heavy atom. The third-order valence-electron chi connectivity index (χ3n) is 4.88. The van der Waals surface area contributed by atoms with Crippen molar-refractivity contribution in [2.45, 2.75) is 26.5 Å². The number of rotatable bonds is 7. The largest absolute Gasteiger partial charge is 0.461 e. The molecule has 0 radical (unpaired) electrons. The summed E-state index contributed by atoms with van der Waals surface area (Å²) < 4.78 is 18.3. The van der Waals surface area contributed by atoms with E-state index < -0.39 is 11.9 Å². The second-order valence-electron chi connectivity index (χ2n) is 6.94. The Kier molecular flexibility index (Phi) is 6.36. The number of furan rings is 1. The van der Waals surface area contributed by atoms with E-state index in [0.717, 1.165) is 4.47 Å². The summed E-state index contributed by atoms with van der Waals surface area (Å²) in [5.41, 5.74) is 1.29. The number of benzene rings is 2. The lowest BCUT2D eigenvalue weighted by atomic mass is 10.1. The molecule has 8 nitrogen and oxygen atoms in total. The van der Waals surface area contributed by atoms with Crippen molar-refractivity contribution < 1.29 is 23.5 Å². The number of hydrogen-bond acceptors (Lipinski definition) is 7. The van der Waals surface area contributed by atoms with Gasteiger partial charge >= 0.3 is 11.9 Å². The number of nitrogens with zero attached hydrogens (tertiary/aromatic N) is 2. The fourth-order valence-electron chi connectivity index (χ4n) is 3.33. The van der Waals surface area contributed by atoms with Crippen molar-refractivity contribution in [2.24, 2.45) is 0 Å². The van der Waals surface area contributed by atoms with Gasteiger partial charge < -0.3 is 13.9 Å². The van der Waals surface area contributed by atoms with Crippen molar-refractivity contribution in [1.82, 2.24) is 9.55 Å².